The van der Waals surface area contributed by atoms with Crippen LogP contribution >= 0.6 is 23.2 Å². The number of fused-ring (bicyclic) bond motifs is 1. The fraction of sp³-hybridized carbons (Fsp3) is 0.240. The van der Waals surface area contributed by atoms with Crippen LogP contribution < -0.4 is 5.43 Å². The first-order chi connectivity index (χ1) is 16.0. The highest BCUT2D eigenvalue weighted by atomic mass is 35.5. The molecule has 1 aliphatic rings. The number of carbonyl (C=O) groups is 1. The lowest BCUT2D eigenvalue weighted by molar-refractivity contribution is 0.0713. The Bertz CT molecular complexity index is 1310. The van der Waals surface area contributed by atoms with Crippen LogP contribution in [0.4, 0.5) is 0 Å². The molecule has 0 aliphatic carbocycles. The van der Waals surface area contributed by atoms with E-state index in [-0.39, 0.29) is 5.91 Å². The summed E-state index contributed by atoms with van der Waals surface area (Å²) in [6, 6.07) is 15.1. The Morgan fingerprint density at radius 3 is 2.45 bits per heavy atom. The standard InChI is InChI=1S/C25H23Cl2N5O/c1-16-10-12-31(13-11-16)30-25(33)21-15-29-32-23(17-6-8-18(26)9-7-17)20(14-28-24(21)32)19-4-2-3-5-22(19)27/h2-9,14-16H,10-13H2,1H3,(H,30,33). The summed E-state index contributed by atoms with van der Waals surface area (Å²) >= 11 is 12.7. The Hall–Kier alpha value is -2.93. The van der Waals surface area contributed by atoms with Crippen molar-refractivity contribution in [1.29, 1.82) is 0 Å². The first-order valence-corrected chi connectivity index (χ1v) is 11.7. The van der Waals surface area contributed by atoms with Gasteiger partial charge in [0.1, 0.15) is 5.56 Å². The lowest BCUT2D eigenvalue weighted by atomic mass is 10.0. The maximum absolute atomic E-state index is 13.1. The van der Waals surface area contributed by atoms with E-state index in [0.717, 1.165) is 48.3 Å². The Kier molecular flexibility index (Phi) is 6.06. The molecule has 5 rings (SSSR count). The van der Waals surface area contributed by atoms with E-state index in [1.54, 1.807) is 16.9 Å². The molecule has 168 valence electrons. The average Bonchev–Trinajstić information content (AvgIpc) is 3.25. The molecule has 1 N–H and O–H groups in total. The first-order valence-electron chi connectivity index (χ1n) is 10.9. The topological polar surface area (TPSA) is 62.5 Å². The van der Waals surface area contributed by atoms with Gasteiger partial charge in [0.25, 0.3) is 5.91 Å². The van der Waals surface area contributed by atoms with Crippen LogP contribution in [0, 0.1) is 5.92 Å². The number of aromatic nitrogens is 3. The monoisotopic (exact) mass is 479 g/mol. The van der Waals surface area contributed by atoms with Crippen molar-refractivity contribution in [1.82, 2.24) is 25.0 Å². The Morgan fingerprint density at radius 2 is 1.73 bits per heavy atom. The van der Waals surface area contributed by atoms with Crippen LogP contribution in [0.25, 0.3) is 28.0 Å². The van der Waals surface area contributed by atoms with Crippen molar-refractivity contribution >= 4 is 34.8 Å². The number of amides is 1. The van der Waals surface area contributed by atoms with E-state index in [2.05, 4.69) is 22.4 Å². The molecule has 6 nitrogen and oxygen atoms in total. The zero-order valence-corrected chi connectivity index (χ0v) is 19.6. The third kappa shape index (κ3) is 4.34. The van der Waals surface area contributed by atoms with Crippen LogP contribution in [0.15, 0.2) is 60.9 Å². The molecule has 0 atom stereocenters. The van der Waals surface area contributed by atoms with Gasteiger partial charge in [-0.3, -0.25) is 10.2 Å². The van der Waals surface area contributed by atoms with Gasteiger partial charge in [0, 0.05) is 46.0 Å². The minimum absolute atomic E-state index is 0.209. The molecule has 2 aromatic carbocycles. The maximum Gasteiger partial charge on any atom is 0.271 e. The number of benzene rings is 2. The SMILES string of the molecule is CC1CCN(NC(=O)c2cnn3c(-c4ccc(Cl)cc4)c(-c4ccccc4Cl)cnc23)CC1. The van der Waals surface area contributed by atoms with Crippen molar-refractivity contribution in [2.75, 3.05) is 13.1 Å². The van der Waals surface area contributed by atoms with Gasteiger partial charge in [-0.15, -0.1) is 0 Å². The lowest BCUT2D eigenvalue weighted by Gasteiger charge is -2.30. The largest absolute Gasteiger partial charge is 0.285 e. The predicted molar refractivity (Wildman–Crippen MR) is 131 cm³/mol. The molecule has 0 spiro atoms. The predicted octanol–water partition coefficient (Wildman–Crippen LogP) is 5.75. The minimum atomic E-state index is -0.209. The smallest absolute Gasteiger partial charge is 0.271 e. The number of rotatable bonds is 4. The van der Waals surface area contributed by atoms with Gasteiger partial charge in [-0.25, -0.2) is 14.5 Å². The molecular formula is C25H23Cl2N5O. The van der Waals surface area contributed by atoms with Crippen LogP contribution in [0.3, 0.4) is 0 Å². The highest BCUT2D eigenvalue weighted by Crippen LogP contribution is 2.36. The molecule has 1 aliphatic heterocycles. The molecule has 0 saturated carbocycles. The van der Waals surface area contributed by atoms with E-state index in [4.69, 9.17) is 23.2 Å². The quantitative estimate of drug-likeness (QED) is 0.404. The molecule has 1 amide bonds. The van der Waals surface area contributed by atoms with E-state index in [1.807, 2.05) is 53.5 Å². The van der Waals surface area contributed by atoms with E-state index in [9.17, 15) is 4.79 Å². The van der Waals surface area contributed by atoms with Crippen molar-refractivity contribution in [3.8, 4) is 22.4 Å². The minimum Gasteiger partial charge on any atom is -0.285 e. The number of nitrogens with one attached hydrogen (secondary N) is 1. The second kappa shape index (κ2) is 9.14. The maximum atomic E-state index is 13.1. The van der Waals surface area contributed by atoms with Crippen LogP contribution in [0.2, 0.25) is 10.0 Å². The summed E-state index contributed by atoms with van der Waals surface area (Å²) in [5, 5.41) is 7.78. The van der Waals surface area contributed by atoms with Gasteiger partial charge in [-0.2, -0.15) is 5.10 Å². The number of hydrogen-bond acceptors (Lipinski definition) is 4. The summed E-state index contributed by atoms with van der Waals surface area (Å²) in [5.41, 5.74) is 7.26. The van der Waals surface area contributed by atoms with Crippen molar-refractivity contribution < 1.29 is 4.79 Å². The molecule has 4 aromatic rings. The Morgan fingerprint density at radius 1 is 1.00 bits per heavy atom. The van der Waals surface area contributed by atoms with Gasteiger partial charge in [-0.1, -0.05) is 60.5 Å². The van der Waals surface area contributed by atoms with E-state index in [1.165, 1.54) is 0 Å². The fourth-order valence-electron chi connectivity index (χ4n) is 4.18. The number of nitrogens with zero attached hydrogens (tertiary/aromatic N) is 4. The average molecular weight is 480 g/mol. The summed E-state index contributed by atoms with van der Waals surface area (Å²) in [5.74, 6) is 0.474. The molecule has 1 fully saturated rings. The summed E-state index contributed by atoms with van der Waals surface area (Å²) in [7, 11) is 0. The van der Waals surface area contributed by atoms with Gasteiger partial charge < -0.3 is 0 Å². The third-order valence-corrected chi connectivity index (χ3v) is 6.68. The zero-order chi connectivity index (χ0) is 22.9. The summed E-state index contributed by atoms with van der Waals surface area (Å²) < 4.78 is 1.70. The molecule has 3 heterocycles. The Balaban J connectivity index is 1.60. The molecule has 1 saturated heterocycles. The number of halogens is 2. The van der Waals surface area contributed by atoms with Crippen LogP contribution in [0.1, 0.15) is 30.1 Å². The van der Waals surface area contributed by atoms with Crippen LogP contribution in [0.5, 0.6) is 0 Å². The van der Waals surface area contributed by atoms with Crippen molar-refractivity contribution in [3.05, 3.63) is 76.5 Å². The summed E-state index contributed by atoms with van der Waals surface area (Å²) in [4.78, 5) is 17.7. The zero-order valence-electron chi connectivity index (χ0n) is 18.1. The third-order valence-electron chi connectivity index (χ3n) is 6.10. The summed E-state index contributed by atoms with van der Waals surface area (Å²) in [6.07, 6.45) is 5.45. The number of carbonyl (C=O) groups excluding carboxylic acids is 1. The fourth-order valence-corrected chi connectivity index (χ4v) is 4.54. The molecule has 33 heavy (non-hydrogen) atoms. The van der Waals surface area contributed by atoms with E-state index in [0.29, 0.717) is 27.2 Å². The van der Waals surface area contributed by atoms with Crippen molar-refractivity contribution in [2.45, 2.75) is 19.8 Å². The molecule has 8 heteroatoms. The van der Waals surface area contributed by atoms with E-state index < -0.39 is 0 Å². The van der Waals surface area contributed by atoms with Crippen molar-refractivity contribution in [3.63, 3.8) is 0 Å². The highest BCUT2D eigenvalue weighted by Gasteiger charge is 2.23. The summed E-state index contributed by atoms with van der Waals surface area (Å²) in [6.45, 7) is 3.92. The first kappa shape index (κ1) is 21.9. The number of piperidine rings is 1. The van der Waals surface area contributed by atoms with Crippen LogP contribution in [-0.4, -0.2) is 38.6 Å². The highest BCUT2D eigenvalue weighted by molar-refractivity contribution is 6.33. The second-order valence-electron chi connectivity index (χ2n) is 8.41. The van der Waals surface area contributed by atoms with Gasteiger partial charge in [0.2, 0.25) is 0 Å². The second-order valence-corrected chi connectivity index (χ2v) is 9.26. The molecule has 2 aromatic heterocycles. The molecule has 0 radical (unpaired) electrons. The Labute approximate surface area is 202 Å². The van der Waals surface area contributed by atoms with E-state index >= 15 is 0 Å². The van der Waals surface area contributed by atoms with Gasteiger partial charge in [-0.05, 0) is 37.0 Å². The van der Waals surface area contributed by atoms with Gasteiger partial charge >= 0.3 is 0 Å². The van der Waals surface area contributed by atoms with Crippen molar-refractivity contribution in [2.24, 2.45) is 5.92 Å². The van der Waals surface area contributed by atoms with Gasteiger partial charge in [0.15, 0.2) is 5.65 Å². The molecular weight excluding hydrogens is 457 g/mol. The normalized spacial score (nSPS) is 15.1. The molecule has 0 unspecified atom stereocenters. The lowest BCUT2D eigenvalue weighted by Crippen LogP contribution is -2.46. The van der Waals surface area contributed by atoms with Gasteiger partial charge in [0.05, 0.1) is 11.9 Å². The number of hydrogen-bond donors (Lipinski definition) is 1. The molecule has 0 bridgehead atoms. The number of hydrazine groups is 1. The van der Waals surface area contributed by atoms with Crippen LogP contribution in [-0.2, 0) is 0 Å².